The second kappa shape index (κ2) is 3.86. The molecule has 1 aliphatic heterocycles. The molecule has 2 nitrogen and oxygen atoms in total. The van der Waals surface area contributed by atoms with Gasteiger partial charge in [0.2, 0.25) is 0 Å². The molecule has 0 saturated carbocycles. The van der Waals surface area contributed by atoms with Crippen molar-refractivity contribution in [2.45, 2.75) is 31.2 Å². The molecule has 16 heavy (non-hydrogen) atoms. The van der Waals surface area contributed by atoms with E-state index in [1.807, 2.05) is 0 Å². The molecule has 1 aromatic carbocycles. The predicted molar refractivity (Wildman–Crippen MR) is 66.4 cm³/mol. The minimum atomic E-state index is 0.236. The smallest absolute Gasteiger partial charge is 0.0412 e. The van der Waals surface area contributed by atoms with Crippen LogP contribution in [-0.4, -0.2) is 30.1 Å². The first-order valence-corrected chi connectivity index (χ1v) is 6.36. The molecule has 0 spiro atoms. The zero-order chi connectivity index (χ0) is 11.0. The lowest BCUT2D eigenvalue weighted by Gasteiger charge is -2.37. The van der Waals surface area contributed by atoms with Gasteiger partial charge in [-0.15, -0.1) is 0 Å². The minimum absolute atomic E-state index is 0.236. The Morgan fingerprint density at radius 1 is 1.06 bits per heavy atom. The van der Waals surface area contributed by atoms with E-state index in [1.165, 1.54) is 37.1 Å². The Morgan fingerprint density at radius 3 is 2.12 bits per heavy atom. The Bertz CT molecular complexity index is 355. The molecule has 1 aromatic rings. The average Bonchev–Trinajstić information content (AvgIpc) is 2.96. The Morgan fingerprint density at radius 2 is 1.62 bits per heavy atom. The summed E-state index contributed by atoms with van der Waals surface area (Å²) in [7, 11) is 0. The van der Waals surface area contributed by atoms with Gasteiger partial charge in [0, 0.05) is 12.1 Å². The van der Waals surface area contributed by atoms with Crippen LogP contribution in [0.3, 0.4) is 0 Å². The van der Waals surface area contributed by atoms with Crippen molar-refractivity contribution in [1.29, 1.82) is 0 Å². The van der Waals surface area contributed by atoms with Crippen LogP contribution in [0.25, 0.3) is 0 Å². The molecule has 1 heterocycles. The van der Waals surface area contributed by atoms with Crippen LogP contribution >= 0.6 is 0 Å². The SMILES string of the molecule is NCC1(N2CCCC2)Cc2ccccc2C1. The van der Waals surface area contributed by atoms with Gasteiger partial charge in [-0.2, -0.15) is 0 Å². The zero-order valence-corrected chi connectivity index (χ0v) is 9.78. The molecule has 0 unspecified atom stereocenters. The average molecular weight is 216 g/mol. The highest BCUT2D eigenvalue weighted by Gasteiger charge is 2.41. The molecule has 0 aromatic heterocycles. The van der Waals surface area contributed by atoms with Crippen LogP contribution in [0.2, 0.25) is 0 Å². The van der Waals surface area contributed by atoms with E-state index in [9.17, 15) is 0 Å². The third-order valence-corrected chi connectivity index (χ3v) is 4.31. The maximum absolute atomic E-state index is 6.09. The van der Waals surface area contributed by atoms with Crippen molar-refractivity contribution in [3.63, 3.8) is 0 Å². The molecule has 0 amide bonds. The fourth-order valence-electron chi connectivity index (χ4n) is 3.36. The minimum Gasteiger partial charge on any atom is -0.329 e. The van der Waals surface area contributed by atoms with Crippen LogP contribution in [0.4, 0.5) is 0 Å². The van der Waals surface area contributed by atoms with E-state index in [-0.39, 0.29) is 5.54 Å². The largest absolute Gasteiger partial charge is 0.329 e. The van der Waals surface area contributed by atoms with E-state index in [0.29, 0.717) is 0 Å². The highest BCUT2D eigenvalue weighted by molar-refractivity contribution is 5.36. The van der Waals surface area contributed by atoms with Crippen molar-refractivity contribution in [2.24, 2.45) is 5.73 Å². The van der Waals surface area contributed by atoms with Crippen molar-refractivity contribution < 1.29 is 0 Å². The van der Waals surface area contributed by atoms with Gasteiger partial charge in [0.1, 0.15) is 0 Å². The van der Waals surface area contributed by atoms with E-state index in [0.717, 1.165) is 19.4 Å². The van der Waals surface area contributed by atoms with E-state index < -0.39 is 0 Å². The third kappa shape index (κ3) is 1.48. The van der Waals surface area contributed by atoms with Crippen LogP contribution < -0.4 is 5.73 Å². The van der Waals surface area contributed by atoms with Crippen LogP contribution in [0, 0.1) is 0 Å². The molecule has 0 bridgehead atoms. The number of benzene rings is 1. The third-order valence-electron chi connectivity index (χ3n) is 4.31. The fourth-order valence-corrected chi connectivity index (χ4v) is 3.36. The summed E-state index contributed by atoms with van der Waals surface area (Å²) in [5, 5.41) is 0. The molecule has 2 N–H and O–H groups in total. The highest BCUT2D eigenvalue weighted by Crippen LogP contribution is 2.35. The molecule has 2 heteroatoms. The lowest BCUT2D eigenvalue weighted by atomic mass is 9.94. The number of likely N-dealkylation sites (tertiary alicyclic amines) is 1. The van der Waals surface area contributed by atoms with Gasteiger partial charge >= 0.3 is 0 Å². The Kier molecular flexibility index (Phi) is 2.49. The molecular weight excluding hydrogens is 196 g/mol. The standard InChI is InChI=1S/C14H20N2/c15-11-14(16-7-3-4-8-16)9-12-5-1-2-6-13(12)10-14/h1-2,5-6H,3-4,7-11,15H2. The van der Waals surface area contributed by atoms with E-state index >= 15 is 0 Å². The summed E-state index contributed by atoms with van der Waals surface area (Å²) in [6.07, 6.45) is 5.00. The van der Waals surface area contributed by atoms with Crippen molar-refractivity contribution in [1.82, 2.24) is 4.90 Å². The summed E-state index contributed by atoms with van der Waals surface area (Å²) in [6, 6.07) is 8.83. The monoisotopic (exact) mass is 216 g/mol. The molecule has 2 aliphatic rings. The Hall–Kier alpha value is -0.860. The maximum Gasteiger partial charge on any atom is 0.0412 e. The molecule has 86 valence electrons. The van der Waals surface area contributed by atoms with Crippen LogP contribution in [-0.2, 0) is 12.8 Å². The molecule has 3 rings (SSSR count). The highest BCUT2D eigenvalue weighted by atomic mass is 15.2. The van der Waals surface area contributed by atoms with E-state index in [4.69, 9.17) is 5.73 Å². The van der Waals surface area contributed by atoms with Gasteiger partial charge in [0.25, 0.3) is 0 Å². The van der Waals surface area contributed by atoms with Crippen LogP contribution in [0.15, 0.2) is 24.3 Å². The first kappa shape index (κ1) is 10.3. The number of fused-ring (bicyclic) bond motifs is 1. The predicted octanol–water partition coefficient (Wildman–Crippen LogP) is 1.58. The molecule has 0 radical (unpaired) electrons. The summed E-state index contributed by atoms with van der Waals surface area (Å²) in [4.78, 5) is 2.63. The van der Waals surface area contributed by atoms with Gasteiger partial charge in [0.05, 0.1) is 0 Å². The molecular formula is C14H20N2. The topological polar surface area (TPSA) is 29.3 Å². The van der Waals surface area contributed by atoms with E-state index in [2.05, 4.69) is 29.2 Å². The number of hydrogen-bond donors (Lipinski definition) is 1. The Balaban J connectivity index is 1.90. The van der Waals surface area contributed by atoms with Crippen molar-refractivity contribution in [3.8, 4) is 0 Å². The van der Waals surface area contributed by atoms with Crippen molar-refractivity contribution in [3.05, 3.63) is 35.4 Å². The van der Waals surface area contributed by atoms with Crippen LogP contribution in [0.5, 0.6) is 0 Å². The maximum atomic E-state index is 6.09. The van der Waals surface area contributed by atoms with Gasteiger partial charge < -0.3 is 5.73 Å². The van der Waals surface area contributed by atoms with Crippen LogP contribution in [0.1, 0.15) is 24.0 Å². The number of hydrogen-bond acceptors (Lipinski definition) is 2. The first-order valence-electron chi connectivity index (χ1n) is 6.36. The normalized spacial score (nSPS) is 23.6. The lowest BCUT2D eigenvalue weighted by Crippen LogP contribution is -2.53. The molecule has 1 aliphatic carbocycles. The quantitative estimate of drug-likeness (QED) is 0.813. The number of nitrogens with zero attached hydrogens (tertiary/aromatic N) is 1. The summed E-state index contributed by atoms with van der Waals surface area (Å²) in [5.74, 6) is 0. The Labute approximate surface area is 97.4 Å². The molecule has 1 saturated heterocycles. The van der Waals surface area contributed by atoms with Crippen molar-refractivity contribution >= 4 is 0 Å². The first-order chi connectivity index (χ1) is 7.84. The van der Waals surface area contributed by atoms with Gasteiger partial charge in [-0.1, -0.05) is 24.3 Å². The number of rotatable bonds is 2. The van der Waals surface area contributed by atoms with Gasteiger partial charge in [-0.25, -0.2) is 0 Å². The lowest BCUT2D eigenvalue weighted by molar-refractivity contribution is 0.134. The van der Waals surface area contributed by atoms with Crippen molar-refractivity contribution in [2.75, 3.05) is 19.6 Å². The molecule has 0 atom stereocenters. The summed E-state index contributed by atoms with van der Waals surface area (Å²) in [5.41, 5.74) is 9.35. The zero-order valence-electron chi connectivity index (χ0n) is 9.78. The van der Waals surface area contributed by atoms with E-state index in [1.54, 1.807) is 0 Å². The summed E-state index contributed by atoms with van der Waals surface area (Å²) < 4.78 is 0. The summed E-state index contributed by atoms with van der Waals surface area (Å²) in [6.45, 7) is 3.28. The van der Waals surface area contributed by atoms with Gasteiger partial charge in [-0.3, -0.25) is 4.90 Å². The second-order valence-corrected chi connectivity index (χ2v) is 5.24. The number of nitrogens with two attached hydrogens (primary N) is 1. The fraction of sp³-hybridized carbons (Fsp3) is 0.571. The second-order valence-electron chi connectivity index (χ2n) is 5.24. The molecule has 1 fully saturated rings. The van der Waals surface area contributed by atoms with Gasteiger partial charge in [-0.05, 0) is 49.9 Å². The summed E-state index contributed by atoms with van der Waals surface area (Å²) >= 11 is 0. The van der Waals surface area contributed by atoms with Gasteiger partial charge in [0.15, 0.2) is 0 Å².